The van der Waals surface area contributed by atoms with Gasteiger partial charge >= 0.3 is 0 Å². The number of halogens is 1. The molecular weight excluding hydrogens is 194 g/mol. The van der Waals surface area contributed by atoms with Gasteiger partial charge in [0, 0.05) is 17.8 Å². The molecular formula is C7H8BrNO. The van der Waals surface area contributed by atoms with Crippen molar-refractivity contribution in [2.24, 2.45) is 0 Å². The first-order valence-corrected chi connectivity index (χ1v) is 3.71. The van der Waals surface area contributed by atoms with Crippen LogP contribution in [0.15, 0.2) is 22.8 Å². The van der Waals surface area contributed by atoms with Gasteiger partial charge in [0.2, 0.25) is 0 Å². The predicted molar refractivity (Wildman–Crippen MR) is 42.7 cm³/mol. The fourth-order valence-electron chi connectivity index (χ4n) is 0.676. The summed E-state index contributed by atoms with van der Waals surface area (Å²) in [7, 11) is 1.66. The van der Waals surface area contributed by atoms with Crippen molar-refractivity contribution in [3.05, 3.63) is 28.5 Å². The summed E-state index contributed by atoms with van der Waals surface area (Å²) in [4.78, 5) is 4.07. The highest BCUT2D eigenvalue weighted by atomic mass is 79.9. The summed E-state index contributed by atoms with van der Waals surface area (Å²) >= 11 is 3.34. The predicted octanol–water partition coefficient (Wildman–Crippen LogP) is 1.99. The maximum Gasteiger partial charge on any atom is 0.0884 e. The zero-order valence-corrected chi connectivity index (χ0v) is 7.26. The molecule has 0 radical (unpaired) electrons. The van der Waals surface area contributed by atoms with Crippen molar-refractivity contribution < 1.29 is 4.74 Å². The van der Waals surface area contributed by atoms with Crippen molar-refractivity contribution in [1.82, 2.24) is 4.98 Å². The molecule has 0 bridgehead atoms. The fourth-order valence-corrected chi connectivity index (χ4v) is 1.06. The number of nitrogens with zero attached hydrogens (tertiary/aromatic N) is 1. The monoisotopic (exact) mass is 201 g/mol. The summed E-state index contributed by atoms with van der Waals surface area (Å²) in [5.41, 5.74) is 0.942. The normalized spacial score (nSPS) is 9.80. The average Bonchev–Trinajstić information content (AvgIpc) is 1.88. The quantitative estimate of drug-likeness (QED) is 0.731. The minimum absolute atomic E-state index is 0.569. The van der Waals surface area contributed by atoms with Crippen LogP contribution in [0.25, 0.3) is 0 Å². The lowest BCUT2D eigenvalue weighted by Gasteiger charge is -1.96. The number of hydrogen-bond donors (Lipinski definition) is 0. The molecule has 1 aromatic rings. The van der Waals surface area contributed by atoms with E-state index in [1.165, 1.54) is 0 Å². The van der Waals surface area contributed by atoms with Gasteiger partial charge in [-0.15, -0.1) is 0 Å². The summed E-state index contributed by atoms with van der Waals surface area (Å²) in [5.74, 6) is 0. The van der Waals surface area contributed by atoms with E-state index in [0.717, 1.165) is 10.2 Å². The van der Waals surface area contributed by atoms with Gasteiger partial charge in [0.05, 0.1) is 12.3 Å². The van der Waals surface area contributed by atoms with E-state index in [1.54, 1.807) is 13.3 Å². The van der Waals surface area contributed by atoms with Crippen LogP contribution >= 0.6 is 15.9 Å². The molecule has 0 aliphatic rings. The zero-order valence-electron chi connectivity index (χ0n) is 5.67. The highest BCUT2D eigenvalue weighted by Gasteiger charge is 1.91. The SMILES string of the molecule is COCc1cc(Br)ccn1. The number of pyridine rings is 1. The van der Waals surface area contributed by atoms with Gasteiger partial charge in [0.1, 0.15) is 0 Å². The van der Waals surface area contributed by atoms with Crippen molar-refractivity contribution in [3.63, 3.8) is 0 Å². The highest BCUT2D eigenvalue weighted by molar-refractivity contribution is 9.10. The molecule has 1 aromatic heterocycles. The summed E-state index contributed by atoms with van der Waals surface area (Å²) in [6.07, 6.45) is 1.75. The van der Waals surface area contributed by atoms with Gasteiger partial charge in [-0.05, 0) is 12.1 Å². The van der Waals surface area contributed by atoms with E-state index in [0.29, 0.717) is 6.61 Å². The molecule has 2 nitrogen and oxygen atoms in total. The topological polar surface area (TPSA) is 22.1 Å². The second-order valence-corrected chi connectivity index (χ2v) is 2.81. The maximum atomic E-state index is 4.90. The summed E-state index contributed by atoms with van der Waals surface area (Å²) in [6.45, 7) is 0.569. The second-order valence-electron chi connectivity index (χ2n) is 1.90. The van der Waals surface area contributed by atoms with Crippen molar-refractivity contribution in [2.75, 3.05) is 7.11 Å². The number of ether oxygens (including phenoxy) is 1. The van der Waals surface area contributed by atoms with E-state index in [-0.39, 0.29) is 0 Å². The third-order valence-corrected chi connectivity index (χ3v) is 1.56. The largest absolute Gasteiger partial charge is 0.378 e. The van der Waals surface area contributed by atoms with Gasteiger partial charge in [0.25, 0.3) is 0 Å². The van der Waals surface area contributed by atoms with E-state index in [4.69, 9.17) is 4.74 Å². The Morgan fingerprint density at radius 1 is 1.70 bits per heavy atom. The first kappa shape index (κ1) is 7.69. The molecule has 0 saturated heterocycles. The van der Waals surface area contributed by atoms with Crippen molar-refractivity contribution >= 4 is 15.9 Å². The van der Waals surface area contributed by atoms with Gasteiger partial charge in [-0.25, -0.2) is 0 Å². The second kappa shape index (κ2) is 3.68. The molecule has 54 valence electrons. The molecule has 0 atom stereocenters. The molecule has 0 N–H and O–H groups in total. The van der Waals surface area contributed by atoms with Gasteiger partial charge in [-0.1, -0.05) is 15.9 Å². The van der Waals surface area contributed by atoms with Crippen LogP contribution in [0.1, 0.15) is 5.69 Å². The molecule has 0 amide bonds. The minimum Gasteiger partial charge on any atom is -0.378 e. The van der Waals surface area contributed by atoms with Crippen LogP contribution in [0.3, 0.4) is 0 Å². The minimum atomic E-state index is 0.569. The van der Waals surface area contributed by atoms with Crippen molar-refractivity contribution in [2.45, 2.75) is 6.61 Å². The molecule has 0 fully saturated rings. The van der Waals surface area contributed by atoms with E-state index in [2.05, 4.69) is 20.9 Å². The lowest BCUT2D eigenvalue weighted by Crippen LogP contribution is -1.90. The Labute approximate surface area is 68.4 Å². The Kier molecular flexibility index (Phi) is 2.83. The fraction of sp³-hybridized carbons (Fsp3) is 0.286. The summed E-state index contributed by atoms with van der Waals surface area (Å²) in [6, 6.07) is 3.82. The van der Waals surface area contributed by atoms with Gasteiger partial charge in [0.15, 0.2) is 0 Å². The van der Waals surface area contributed by atoms with Gasteiger partial charge in [-0.3, -0.25) is 4.98 Å². The molecule has 1 rings (SSSR count). The maximum absolute atomic E-state index is 4.90. The molecule has 0 aromatic carbocycles. The zero-order chi connectivity index (χ0) is 7.40. The third kappa shape index (κ3) is 2.08. The summed E-state index contributed by atoms with van der Waals surface area (Å²) in [5, 5.41) is 0. The van der Waals surface area contributed by atoms with Crippen LogP contribution in [0, 0.1) is 0 Å². The first-order chi connectivity index (χ1) is 4.83. The number of aromatic nitrogens is 1. The first-order valence-electron chi connectivity index (χ1n) is 2.92. The van der Waals surface area contributed by atoms with E-state index in [1.807, 2.05) is 12.1 Å². The molecule has 1 heterocycles. The Morgan fingerprint density at radius 3 is 3.10 bits per heavy atom. The molecule has 0 aliphatic heterocycles. The van der Waals surface area contributed by atoms with Crippen molar-refractivity contribution in [1.29, 1.82) is 0 Å². The van der Waals surface area contributed by atoms with Crippen LogP contribution in [0.4, 0.5) is 0 Å². The Bertz CT molecular complexity index is 215. The lowest BCUT2D eigenvalue weighted by molar-refractivity contribution is 0.181. The van der Waals surface area contributed by atoms with Gasteiger partial charge < -0.3 is 4.74 Å². The van der Waals surface area contributed by atoms with Gasteiger partial charge in [-0.2, -0.15) is 0 Å². The summed E-state index contributed by atoms with van der Waals surface area (Å²) < 4.78 is 5.94. The number of methoxy groups -OCH3 is 1. The van der Waals surface area contributed by atoms with Crippen LogP contribution < -0.4 is 0 Å². The Hall–Kier alpha value is -0.410. The number of rotatable bonds is 2. The highest BCUT2D eigenvalue weighted by Crippen LogP contribution is 2.09. The molecule has 0 spiro atoms. The molecule has 10 heavy (non-hydrogen) atoms. The molecule has 0 saturated carbocycles. The number of hydrogen-bond acceptors (Lipinski definition) is 2. The van der Waals surface area contributed by atoms with E-state index < -0.39 is 0 Å². The van der Waals surface area contributed by atoms with Crippen molar-refractivity contribution in [3.8, 4) is 0 Å². The molecule has 3 heteroatoms. The van der Waals surface area contributed by atoms with E-state index >= 15 is 0 Å². The Balaban J connectivity index is 2.75. The smallest absolute Gasteiger partial charge is 0.0884 e. The van der Waals surface area contributed by atoms with Crippen LogP contribution in [0.2, 0.25) is 0 Å². The van der Waals surface area contributed by atoms with Crippen LogP contribution in [0.5, 0.6) is 0 Å². The average molecular weight is 202 g/mol. The lowest BCUT2D eigenvalue weighted by atomic mass is 10.4. The van der Waals surface area contributed by atoms with Crippen LogP contribution in [-0.4, -0.2) is 12.1 Å². The Morgan fingerprint density at radius 2 is 2.50 bits per heavy atom. The third-order valence-electron chi connectivity index (χ3n) is 1.07. The molecule has 0 aliphatic carbocycles. The standard InChI is InChI=1S/C7H8BrNO/c1-10-5-7-4-6(8)2-3-9-7/h2-4H,5H2,1H3. The van der Waals surface area contributed by atoms with Crippen LogP contribution in [-0.2, 0) is 11.3 Å². The van der Waals surface area contributed by atoms with E-state index in [9.17, 15) is 0 Å². The molecule has 0 unspecified atom stereocenters.